The van der Waals surface area contributed by atoms with Gasteiger partial charge < -0.3 is 15.3 Å². The Kier molecular flexibility index (Phi) is 5.49. The standard InChI is InChI=1S/C24H19N3O4/c28-21-6-4-17(12-22(21)29)13-26-14-20-19-11-16(2-1-15-7-9-25-10-8-15)3-5-18(19)23(30)27-24(20)31/h1-12,14,28-29H,13H2,(H2,27,30,31). The molecule has 0 atom stereocenters. The molecular weight excluding hydrogens is 394 g/mol. The van der Waals surface area contributed by atoms with Gasteiger partial charge in [-0.05, 0) is 53.1 Å². The third kappa shape index (κ3) is 4.45. The number of phenolic OH excluding ortho intramolecular Hbond substituents is 2. The predicted molar refractivity (Wildman–Crippen MR) is 120 cm³/mol. The van der Waals surface area contributed by atoms with Crippen molar-refractivity contribution in [1.82, 2.24) is 9.97 Å². The number of aromatic hydroxyl groups is 3. The predicted octanol–water partition coefficient (Wildman–Crippen LogP) is 3.83. The molecule has 0 fully saturated rings. The van der Waals surface area contributed by atoms with Gasteiger partial charge in [-0.2, -0.15) is 0 Å². The monoisotopic (exact) mass is 413 g/mol. The molecule has 2 aromatic heterocycles. The summed E-state index contributed by atoms with van der Waals surface area (Å²) < 4.78 is 0. The lowest BCUT2D eigenvalue weighted by atomic mass is 10.0. The van der Waals surface area contributed by atoms with Gasteiger partial charge in [0.05, 0.1) is 12.1 Å². The van der Waals surface area contributed by atoms with Crippen LogP contribution in [0.5, 0.6) is 17.4 Å². The fourth-order valence-corrected chi connectivity index (χ4v) is 3.16. The molecule has 0 aliphatic carbocycles. The summed E-state index contributed by atoms with van der Waals surface area (Å²) >= 11 is 0. The van der Waals surface area contributed by atoms with Gasteiger partial charge in [-0.3, -0.25) is 19.8 Å². The highest BCUT2D eigenvalue weighted by atomic mass is 16.3. The van der Waals surface area contributed by atoms with Gasteiger partial charge in [0.1, 0.15) is 0 Å². The first kappa shape index (κ1) is 19.9. The first-order chi connectivity index (χ1) is 15.0. The smallest absolute Gasteiger partial charge is 0.258 e. The SMILES string of the molecule is O=c1[nH]c(O)c(C=NCc2ccc(O)c(O)c2)c2cc(C=Cc3ccncc3)ccc12. The molecule has 31 heavy (non-hydrogen) atoms. The van der Waals surface area contributed by atoms with Crippen molar-refractivity contribution in [1.29, 1.82) is 0 Å². The van der Waals surface area contributed by atoms with Crippen LogP contribution >= 0.6 is 0 Å². The Morgan fingerprint density at radius 2 is 1.65 bits per heavy atom. The minimum absolute atomic E-state index is 0.204. The highest BCUT2D eigenvalue weighted by molar-refractivity contribution is 6.02. The quantitative estimate of drug-likeness (QED) is 0.293. The van der Waals surface area contributed by atoms with Gasteiger partial charge in [-0.15, -0.1) is 0 Å². The molecule has 2 heterocycles. The van der Waals surface area contributed by atoms with Gasteiger partial charge in [0.2, 0.25) is 5.88 Å². The van der Waals surface area contributed by atoms with Crippen molar-refractivity contribution >= 4 is 29.1 Å². The molecule has 0 amide bonds. The van der Waals surface area contributed by atoms with Gasteiger partial charge in [0.15, 0.2) is 11.5 Å². The van der Waals surface area contributed by atoms with E-state index in [9.17, 15) is 20.1 Å². The van der Waals surface area contributed by atoms with E-state index in [1.165, 1.54) is 18.3 Å². The van der Waals surface area contributed by atoms with Gasteiger partial charge in [0.25, 0.3) is 5.56 Å². The summed E-state index contributed by atoms with van der Waals surface area (Å²) in [7, 11) is 0. The molecule has 0 bridgehead atoms. The number of nitrogens with one attached hydrogen (secondary N) is 1. The van der Waals surface area contributed by atoms with Crippen LogP contribution in [-0.4, -0.2) is 31.5 Å². The molecule has 7 heteroatoms. The summed E-state index contributed by atoms with van der Waals surface area (Å²) in [6.07, 6.45) is 8.74. The third-order valence-corrected chi connectivity index (χ3v) is 4.77. The number of phenols is 2. The zero-order valence-corrected chi connectivity index (χ0v) is 16.4. The molecule has 0 aliphatic heterocycles. The van der Waals surface area contributed by atoms with E-state index in [-0.39, 0.29) is 23.9 Å². The normalized spacial score (nSPS) is 11.6. The lowest BCUT2D eigenvalue weighted by molar-refractivity contribution is 0.403. The van der Waals surface area contributed by atoms with E-state index < -0.39 is 5.56 Å². The maximum absolute atomic E-state index is 12.3. The van der Waals surface area contributed by atoms with E-state index in [0.717, 1.165) is 11.1 Å². The van der Waals surface area contributed by atoms with Gasteiger partial charge in [-0.1, -0.05) is 24.3 Å². The second kappa shape index (κ2) is 8.54. The Labute approximate surface area is 177 Å². The van der Waals surface area contributed by atoms with Crippen molar-refractivity contribution in [3.8, 4) is 17.4 Å². The highest BCUT2D eigenvalue weighted by Gasteiger charge is 2.10. The highest BCUT2D eigenvalue weighted by Crippen LogP contribution is 2.26. The number of aliphatic imine (C=N–C) groups is 1. The van der Waals surface area contributed by atoms with Crippen LogP contribution in [0.15, 0.2) is 70.7 Å². The van der Waals surface area contributed by atoms with Crippen molar-refractivity contribution < 1.29 is 15.3 Å². The summed E-state index contributed by atoms with van der Waals surface area (Å²) in [5.74, 6) is -0.704. The Balaban J connectivity index is 1.68. The van der Waals surface area contributed by atoms with Crippen molar-refractivity contribution in [2.45, 2.75) is 6.54 Å². The number of benzene rings is 2. The topological polar surface area (TPSA) is 119 Å². The average molecular weight is 413 g/mol. The number of pyridine rings is 2. The molecule has 0 radical (unpaired) electrons. The van der Waals surface area contributed by atoms with Crippen molar-refractivity contribution in [3.05, 3.63) is 93.5 Å². The maximum atomic E-state index is 12.3. The Hall–Kier alpha value is -4.39. The zero-order valence-electron chi connectivity index (χ0n) is 16.4. The van der Waals surface area contributed by atoms with Crippen LogP contribution in [0.4, 0.5) is 0 Å². The van der Waals surface area contributed by atoms with Crippen molar-refractivity contribution in [2.24, 2.45) is 4.99 Å². The summed E-state index contributed by atoms with van der Waals surface area (Å²) in [4.78, 5) is 23.0. The summed E-state index contributed by atoms with van der Waals surface area (Å²) in [6.45, 7) is 0.218. The summed E-state index contributed by atoms with van der Waals surface area (Å²) in [5, 5.41) is 30.3. The molecule has 4 rings (SSSR count). The number of hydrogen-bond acceptors (Lipinski definition) is 6. The van der Waals surface area contributed by atoms with E-state index >= 15 is 0 Å². The van der Waals surface area contributed by atoms with E-state index in [2.05, 4.69) is 15.0 Å². The number of fused-ring (bicyclic) bond motifs is 1. The Bertz CT molecular complexity index is 1360. The lowest BCUT2D eigenvalue weighted by Gasteiger charge is -2.06. The van der Waals surface area contributed by atoms with Crippen LogP contribution in [0.1, 0.15) is 22.3 Å². The number of nitrogens with zero attached hydrogens (tertiary/aromatic N) is 2. The van der Waals surface area contributed by atoms with Crippen molar-refractivity contribution in [2.75, 3.05) is 0 Å². The molecule has 4 N–H and O–H groups in total. The minimum Gasteiger partial charge on any atom is -0.504 e. The van der Waals surface area contributed by atoms with Crippen LogP contribution in [-0.2, 0) is 6.54 Å². The Morgan fingerprint density at radius 3 is 2.42 bits per heavy atom. The molecule has 4 aromatic rings. The molecule has 0 unspecified atom stereocenters. The summed E-state index contributed by atoms with van der Waals surface area (Å²) in [6, 6.07) is 13.5. The third-order valence-electron chi connectivity index (χ3n) is 4.77. The zero-order chi connectivity index (χ0) is 21.8. The van der Waals surface area contributed by atoms with Crippen molar-refractivity contribution in [3.63, 3.8) is 0 Å². The minimum atomic E-state index is -0.391. The second-order valence-corrected chi connectivity index (χ2v) is 6.93. The van der Waals surface area contributed by atoms with Crippen LogP contribution in [0, 0.1) is 0 Å². The fraction of sp³-hybridized carbons (Fsp3) is 0.0417. The Morgan fingerprint density at radius 1 is 0.871 bits per heavy atom. The molecule has 154 valence electrons. The summed E-state index contributed by atoms with van der Waals surface area (Å²) in [5.41, 5.74) is 2.52. The van der Waals surface area contributed by atoms with Gasteiger partial charge in [0, 0.05) is 29.4 Å². The van der Waals surface area contributed by atoms with Gasteiger partial charge >= 0.3 is 0 Å². The molecule has 0 saturated carbocycles. The van der Waals surface area contributed by atoms with Gasteiger partial charge in [-0.25, -0.2) is 0 Å². The van der Waals surface area contributed by atoms with Crippen LogP contribution in [0.3, 0.4) is 0 Å². The lowest BCUT2D eigenvalue weighted by Crippen LogP contribution is -2.08. The van der Waals surface area contributed by atoms with Crippen LogP contribution in [0.25, 0.3) is 22.9 Å². The van der Waals surface area contributed by atoms with E-state index in [1.54, 1.807) is 24.5 Å². The number of rotatable bonds is 5. The first-order valence-electron chi connectivity index (χ1n) is 9.49. The molecule has 2 aromatic carbocycles. The largest absolute Gasteiger partial charge is 0.504 e. The molecule has 0 spiro atoms. The molecular formula is C24H19N3O4. The number of aromatic nitrogens is 2. The molecule has 0 aliphatic rings. The average Bonchev–Trinajstić information content (AvgIpc) is 2.77. The number of hydrogen-bond donors (Lipinski definition) is 4. The van der Waals surface area contributed by atoms with Crippen LogP contribution in [0.2, 0.25) is 0 Å². The number of aromatic amines is 1. The first-order valence-corrected chi connectivity index (χ1v) is 9.49. The van der Waals surface area contributed by atoms with Crippen LogP contribution < -0.4 is 5.56 Å². The molecule has 7 nitrogen and oxygen atoms in total. The fourth-order valence-electron chi connectivity index (χ4n) is 3.16. The maximum Gasteiger partial charge on any atom is 0.258 e. The second-order valence-electron chi connectivity index (χ2n) is 6.93. The number of H-pyrrole nitrogens is 1. The van der Waals surface area contributed by atoms with E-state index in [4.69, 9.17) is 0 Å². The molecule has 0 saturated heterocycles. The van der Waals surface area contributed by atoms with E-state index in [0.29, 0.717) is 21.9 Å². The van der Waals surface area contributed by atoms with E-state index in [1.807, 2.05) is 36.4 Å².